The summed E-state index contributed by atoms with van der Waals surface area (Å²) in [6, 6.07) is 5.75. The lowest BCUT2D eigenvalue weighted by molar-refractivity contribution is -0.121. The van der Waals surface area contributed by atoms with E-state index in [4.69, 9.17) is 4.42 Å². The number of fused-ring (bicyclic) bond motifs is 1. The number of halogens is 2. The van der Waals surface area contributed by atoms with Crippen LogP contribution in [0.4, 0.5) is 4.39 Å². The first-order valence-corrected chi connectivity index (χ1v) is 8.93. The van der Waals surface area contributed by atoms with Gasteiger partial charge in [0.2, 0.25) is 5.91 Å². The fraction of sp³-hybridized carbons (Fsp3) is 0.333. The quantitative estimate of drug-likeness (QED) is 0.794. The zero-order chi connectivity index (χ0) is 17.8. The maximum atomic E-state index is 13.2. The summed E-state index contributed by atoms with van der Waals surface area (Å²) < 4.78 is 19.2. The molecule has 2 aromatic rings. The van der Waals surface area contributed by atoms with Gasteiger partial charge in [-0.15, -0.1) is 0 Å². The third-order valence-corrected chi connectivity index (χ3v) is 4.89. The normalized spacial score (nSPS) is 16.2. The van der Waals surface area contributed by atoms with E-state index in [9.17, 15) is 14.0 Å². The number of rotatable bonds is 5. The summed E-state index contributed by atoms with van der Waals surface area (Å²) in [4.78, 5) is 24.2. The smallest absolute Gasteiger partial charge is 0.252 e. The van der Waals surface area contributed by atoms with Crippen LogP contribution in [0.15, 0.2) is 39.4 Å². The highest BCUT2D eigenvalue weighted by Gasteiger charge is 2.23. The van der Waals surface area contributed by atoms with Crippen LogP contribution in [0, 0.1) is 5.82 Å². The first kappa shape index (κ1) is 17.7. The molecule has 0 spiro atoms. The SMILES string of the molecule is O=C(CCNC(=O)c1cc(F)ccc1Br)NC1CCCc2occc21. The van der Waals surface area contributed by atoms with Crippen LogP contribution in [0.5, 0.6) is 0 Å². The van der Waals surface area contributed by atoms with Crippen molar-refractivity contribution < 1.29 is 18.4 Å². The molecule has 1 aliphatic carbocycles. The van der Waals surface area contributed by atoms with Gasteiger partial charge < -0.3 is 15.1 Å². The second-order valence-corrected chi connectivity index (χ2v) is 6.80. The van der Waals surface area contributed by atoms with Crippen LogP contribution in [-0.4, -0.2) is 18.4 Å². The highest BCUT2D eigenvalue weighted by molar-refractivity contribution is 9.10. The van der Waals surface area contributed by atoms with Crippen LogP contribution in [0.2, 0.25) is 0 Å². The van der Waals surface area contributed by atoms with E-state index in [1.165, 1.54) is 12.1 Å². The van der Waals surface area contributed by atoms with Gasteiger partial charge in [0, 0.05) is 29.4 Å². The standard InChI is InChI=1S/C18H18BrFN2O3/c19-14-5-4-11(20)10-13(14)18(24)21-8-6-17(23)22-15-2-1-3-16-12(15)7-9-25-16/h4-5,7,9-10,15H,1-3,6,8H2,(H,21,24)(H,22,23). The topological polar surface area (TPSA) is 71.3 Å². The highest BCUT2D eigenvalue weighted by Crippen LogP contribution is 2.30. The van der Waals surface area contributed by atoms with Gasteiger partial charge in [0.15, 0.2) is 0 Å². The number of carbonyl (C=O) groups is 2. The van der Waals surface area contributed by atoms with Gasteiger partial charge in [-0.1, -0.05) is 0 Å². The minimum Gasteiger partial charge on any atom is -0.469 e. The molecule has 25 heavy (non-hydrogen) atoms. The third kappa shape index (κ3) is 4.28. The minimum atomic E-state index is -0.487. The van der Waals surface area contributed by atoms with E-state index in [2.05, 4.69) is 26.6 Å². The van der Waals surface area contributed by atoms with Crippen molar-refractivity contribution in [3.63, 3.8) is 0 Å². The van der Waals surface area contributed by atoms with Gasteiger partial charge >= 0.3 is 0 Å². The number of hydrogen-bond donors (Lipinski definition) is 2. The Morgan fingerprint density at radius 3 is 3.00 bits per heavy atom. The molecule has 0 aliphatic heterocycles. The minimum absolute atomic E-state index is 0.0388. The molecular formula is C18H18BrFN2O3. The Labute approximate surface area is 153 Å². The summed E-state index contributed by atoms with van der Waals surface area (Å²) in [6.45, 7) is 0.179. The Balaban J connectivity index is 1.49. The Hall–Kier alpha value is -2.15. The molecule has 132 valence electrons. The van der Waals surface area contributed by atoms with E-state index < -0.39 is 11.7 Å². The molecule has 3 rings (SSSR count). The van der Waals surface area contributed by atoms with Crippen LogP contribution in [-0.2, 0) is 11.2 Å². The van der Waals surface area contributed by atoms with Gasteiger partial charge in [0.25, 0.3) is 5.91 Å². The zero-order valence-corrected chi connectivity index (χ0v) is 15.1. The first-order chi connectivity index (χ1) is 12.0. The van der Waals surface area contributed by atoms with Crippen molar-refractivity contribution in [3.05, 3.63) is 57.7 Å². The Bertz CT molecular complexity index is 790. The number of nitrogens with one attached hydrogen (secondary N) is 2. The van der Waals surface area contributed by atoms with Crippen molar-refractivity contribution in [3.8, 4) is 0 Å². The van der Waals surface area contributed by atoms with Crippen LogP contribution >= 0.6 is 15.9 Å². The molecule has 5 nitrogen and oxygen atoms in total. The molecule has 1 aliphatic rings. The predicted molar refractivity (Wildman–Crippen MR) is 93.6 cm³/mol. The summed E-state index contributed by atoms with van der Waals surface area (Å²) >= 11 is 3.21. The molecule has 0 radical (unpaired) electrons. The van der Waals surface area contributed by atoms with E-state index >= 15 is 0 Å². The second kappa shape index (κ2) is 7.82. The highest BCUT2D eigenvalue weighted by atomic mass is 79.9. The number of benzene rings is 1. The van der Waals surface area contributed by atoms with Gasteiger partial charge in [-0.3, -0.25) is 9.59 Å². The summed E-state index contributed by atoms with van der Waals surface area (Å²) in [5.41, 5.74) is 1.24. The van der Waals surface area contributed by atoms with Gasteiger partial charge in [-0.2, -0.15) is 0 Å². The van der Waals surface area contributed by atoms with Crippen LogP contribution in [0.3, 0.4) is 0 Å². The van der Waals surface area contributed by atoms with E-state index in [0.29, 0.717) is 4.47 Å². The summed E-state index contributed by atoms with van der Waals surface area (Å²) in [5.74, 6) is -0.119. The average Bonchev–Trinajstić information content (AvgIpc) is 3.06. The summed E-state index contributed by atoms with van der Waals surface area (Å²) in [7, 11) is 0. The van der Waals surface area contributed by atoms with E-state index in [-0.39, 0.29) is 30.5 Å². The first-order valence-electron chi connectivity index (χ1n) is 8.13. The molecule has 0 bridgehead atoms. The molecule has 1 unspecified atom stereocenters. The lowest BCUT2D eigenvalue weighted by Crippen LogP contribution is -2.34. The Morgan fingerprint density at radius 1 is 1.32 bits per heavy atom. The van der Waals surface area contributed by atoms with Crippen molar-refractivity contribution in [2.24, 2.45) is 0 Å². The Kier molecular flexibility index (Phi) is 5.53. The molecule has 2 N–H and O–H groups in total. The fourth-order valence-electron chi connectivity index (χ4n) is 2.96. The zero-order valence-electron chi connectivity index (χ0n) is 13.5. The van der Waals surface area contributed by atoms with Crippen LogP contribution in [0.25, 0.3) is 0 Å². The molecule has 0 fully saturated rings. The maximum Gasteiger partial charge on any atom is 0.252 e. The molecule has 1 aromatic carbocycles. The Morgan fingerprint density at radius 2 is 2.16 bits per heavy atom. The van der Waals surface area contributed by atoms with Crippen molar-refractivity contribution in [1.29, 1.82) is 0 Å². The predicted octanol–water partition coefficient (Wildman–Crippen LogP) is 3.49. The molecule has 2 amide bonds. The number of aryl methyl sites for hydroxylation is 1. The van der Waals surface area contributed by atoms with Crippen LogP contribution < -0.4 is 10.6 Å². The van der Waals surface area contributed by atoms with Crippen molar-refractivity contribution in [1.82, 2.24) is 10.6 Å². The van der Waals surface area contributed by atoms with Gasteiger partial charge in [-0.05, 0) is 53.0 Å². The second-order valence-electron chi connectivity index (χ2n) is 5.94. The van der Waals surface area contributed by atoms with Gasteiger partial charge in [0.1, 0.15) is 11.6 Å². The number of hydrogen-bond acceptors (Lipinski definition) is 3. The summed E-state index contributed by atoms with van der Waals surface area (Å²) in [5, 5.41) is 5.61. The molecule has 1 heterocycles. The molecule has 0 saturated heterocycles. The number of carbonyl (C=O) groups excluding carboxylic acids is 2. The van der Waals surface area contributed by atoms with E-state index in [1.54, 1.807) is 6.26 Å². The molecule has 7 heteroatoms. The van der Waals surface area contributed by atoms with Crippen molar-refractivity contribution in [2.75, 3.05) is 6.54 Å². The monoisotopic (exact) mass is 408 g/mol. The lowest BCUT2D eigenvalue weighted by Gasteiger charge is -2.22. The number of amides is 2. The van der Waals surface area contributed by atoms with Crippen molar-refractivity contribution in [2.45, 2.75) is 31.7 Å². The van der Waals surface area contributed by atoms with E-state index in [1.807, 2.05) is 6.07 Å². The van der Waals surface area contributed by atoms with E-state index in [0.717, 1.165) is 36.7 Å². The van der Waals surface area contributed by atoms with Crippen LogP contribution in [0.1, 0.15) is 47.0 Å². The molecular weight excluding hydrogens is 391 g/mol. The average molecular weight is 409 g/mol. The molecule has 1 atom stereocenters. The molecule has 0 saturated carbocycles. The summed E-state index contributed by atoms with van der Waals surface area (Å²) in [6.07, 6.45) is 4.54. The lowest BCUT2D eigenvalue weighted by atomic mass is 9.93. The maximum absolute atomic E-state index is 13.2. The molecule has 1 aromatic heterocycles. The van der Waals surface area contributed by atoms with Crippen molar-refractivity contribution >= 4 is 27.7 Å². The largest absolute Gasteiger partial charge is 0.469 e. The number of furan rings is 1. The van der Waals surface area contributed by atoms with Gasteiger partial charge in [-0.25, -0.2) is 4.39 Å². The fourth-order valence-corrected chi connectivity index (χ4v) is 3.39. The third-order valence-electron chi connectivity index (χ3n) is 4.20. The van der Waals surface area contributed by atoms with Gasteiger partial charge in [0.05, 0.1) is 17.9 Å².